The fourth-order valence-electron chi connectivity index (χ4n) is 0.876. The average molecular weight is 206 g/mol. The maximum atomic E-state index is 11.3. The van der Waals surface area contributed by atoms with E-state index in [1.807, 2.05) is 6.92 Å². The van der Waals surface area contributed by atoms with Crippen LogP contribution in [0, 0.1) is 11.8 Å². The lowest BCUT2D eigenvalue weighted by Gasteiger charge is -2.11. The summed E-state index contributed by atoms with van der Waals surface area (Å²) in [7, 11) is 0. The van der Waals surface area contributed by atoms with Crippen molar-refractivity contribution in [2.45, 2.75) is 33.6 Å². The minimum Gasteiger partial charge on any atom is -0.356 e. The molecule has 0 aliphatic rings. The van der Waals surface area contributed by atoms with Gasteiger partial charge in [0.25, 0.3) is 0 Å². The van der Waals surface area contributed by atoms with Crippen molar-refractivity contribution in [3.8, 4) is 0 Å². The van der Waals surface area contributed by atoms with Crippen LogP contribution in [0.5, 0.6) is 0 Å². The quantitative estimate of drug-likeness (QED) is 0.663. The molecule has 0 spiro atoms. The van der Waals surface area contributed by atoms with Gasteiger partial charge >= 0.3 is 0 Å². The van der Waals surface area contributed by atoms with Crippen LogP contribution in [0.2, 0.25) is 0 Å². The third kappa shape index (κ3) is 6.88. The highest BCUT2D eigenvalue weighted by Gasteiger charge is 2.07. The first-order valence-electron chi connectivity index (χ1n) is 4.92. The van der Waals surface area contributed by atoms with E-state index in [2.05, 4.69) is 19.2 Å². The zero-order valence-electron chi connectivity index (χ0n) is 8.77. The molecule has 0 aromatic rings. The number of hydrogen-bond donors (Lipinski definition) is 1. The molecular formula is C10H20ClNO. The lowest BCUT2D eigenvalue weighted by atomic mass is 10.0. The van der Waals surface area contributed by atoms with Crippen molar-refractivity contribution in [1.29, 1.82) is 0 Å². The minimum absolute atomic E-state index is 0.145. The van der Waals surface area contributed by atoms with Crippen molar-refractivity contribution >= 4 is 17.5 Å². The van der Waals surface area contributed by atoms with Gasteiger partial charge in [-0.25, -0.2) is 0 Å². The van der Waals surface area contributed by atoms with Gasteiger partial charge in [0.15, 0.2) is 0 Å². The fourth-order valence-corrected chi connectivity index (χ4v) is 0.985. The van der Waals surface area contributed by atoms with Crippen LogP contribution in [-0.4, -0.2) is 18.3 Å². The van der Waals surface area contributed by atoms with Gasteiger partial charge in [-0.3, -0.25) is 4.79 Å². The number of carbonyl (C=O) groups is 1. The van der Waals surface area contributed by atoms with E-state index in [9.17, 15) is 4.79 Å². The molecule has 78 valence electrons. The molecule has 0 aliphatic carbocycles. The first-order chi connectivity index (χ1) is 6.10. The summed E-state index contributed by atoms with van der Waals surface area (Å²) in [4.78, 5) is 11.3. The van der Waals surface area contributed by atoms with E-state index in [4.69, 9.17) is 11.6 Å². The largest absolute Gasteiger partial charge is 0.356 e. The summed E-state index contributed by atoms with van der Waals surface area (Å²) in [5, 5.41) is 2.88. The van der Waals surface area contributed by atoms with Crippen molar-refractivity contribution in [3.05, 3.63) is 0 Å². The van der Waals surface area contributed by atoms with Crippen LogP contribution in [0.3, 0.4) is 0 Å². The molecule has 0 saturated carbocycles. The van der Waals surface area contributed by atoms with Crippen LogP contribution in [0.1, 0.15) is 33.6 Å². The number of alkyl halides is 1. The van der Waals surface area contributed by atoms with Gasteiger partial charge in [0.2, 0.25) is 5.91 Å². The first-order valence-corrected chi connectivity index (χ1v) is 5.46. The van der Waals surface area contributed by atoms with Gasteiger partial charge in [0.05, 0.1) is 0 Å². The summed E-state index contributed by atoms with van der Waals surface area (Å²) in [6.45, 7) is 6.90. The highest BCUT2D eigenvalue weighted by molar-refractivity contribution is 6.18. The normalized spacial score (nSPS) is 15.1. The molecule has 1 N–H and O–H groups in total. The van der Waals surface area contributed by atoms with E-state index >= 15 is 0 Å². The Kier molecular flexibility index (Phi) is 7.06. The summed E-state index contributed by atoms with van der Waals surface area (Å²) >= 11 is 5.62. The second-order valence-electron chi connectivity index (χ2n) is 3.78. The van der Waals surface area contributed by atoms with E-state index in [-0.39, 0.29) is 5.91 Å². The molecule has 0 aliphatic heterocycles. The Morgan fingerprint density at radius 3 is 2.46 bits per heavy atom. The molecule has 0 heterocycles. The van der Waals surface area contributed by atoms with Gasteiger partial charge < -0.3 is 5.32 Å². The molecule has 0 aromatic heterocycles. The zero-order valence-corrected chi connectivity index (χ0v) is 9.53. The van der Waals surface area contributed by atoms with Gasteiger partial charge in [0, 0.05) is 18.8 Å². The fraction of sp³-hybridized carbons (Fsp3) is 0.900. The molecule has 3 heteroatoms. The Balaban J connectivity index is 3.51. The third-order valence-electron chi connectivity index (χ3n) is 2.14. The summed E-state index contributed by atoms with van der Waals surface area (Å²) in [6, 6.07) is 0. The number of amides is 1. The summed E-state index contributed by atoms with van der Waals surface area (Å²) in [6.07, 6.45) is 1.68. The van der Waals surface area contributed by atoms with Gasteiger partial charge in [-0.1, -0.05) is 27.2 Å². The van der Waals surface area contributed by atoms with E-state index in [1.165, 1.54) is 0 Å². The smallest absolute Gasteiger partial charge is 0.220 e. The molecule has 0 fully saturated rings. The van der Waals surface area contributed by atoms with Crippen molar-refractivity contribution in [2.75, 3.05) is 12.4 Å². The highest BCUT2D eigenvalue weighted by Crippen LogP contribution is 2.05. The third-order valence-corrected chi connectivity index (χ3v) is 2.67. The highest BCUT2D eigenvalue weighted by atomic mass is 35.5. The van der Waals surface area contributed by atoms with E-state index in [0.29, 0.717) is 30.7 Å². The number of rotatable bonds is 6. The maximum absolute atomic E-state index is 11.3. The molecule has 2 atom stereocenters. The molecule has 1 amide bonds. The first kappa shape index (κ1) is 12.8. The topological polar surface area (TPSA) is 29.1 Å². The van der Waals surface area contributed by atoms with Crippen LogP contribution in [0.4, 0.5) is 0 Å². The standard InChI is InChI=1S/C10H20ClNO/c1-4-8(2)5-10(13)12-7-9(3)6-11/h8-9H,4-7H2,1-3H3,(H,12,13). The predicted molar refractivity (Wildman–Crippen MR) is 57.0 cm³/mol. The molecule has 13 heavy (non-hydrogen) atoms. The minimum atomic E-state index is 0.145. The molecule has 0 aromatic carbocycles. The number of carbonyl (C=O) groups excluding carboxylic acids is 1. The van der Waals surface area contributed by atoms with Gasteiger partial charge in [-0.05, 0) is 11.8 Å². The van der Waals surface area contributed by atoms with Gasteiger partial charge in [-0.2, -0.15) is 0 Å². The second kappa shape index (κ2) is 7.19. The van der Waals surface area contributed by atoms with Gasteiger partial charge in [0.1, 0.15) is 0 Å². The Hall–Kier alpha value is -0.240. The Bertz CT molecular complexity index is 150. The SMILES string of the molecule is CCC(C)CC(=O)NCC(C)CCl. The summed E-state index contributed by atoms with van der Waals surface area (Å²) in [5.41, 5.74) is 0. The van der Waals surface area contributed by atoms with Crippen LogP contribution in [0.15, 0.2) is 0 Å². The molecule has 2 nitrogen and oxygen atoms in total. The van der Waals surface area contributed by atoms with E-state index in [1.54, 1.807) is 0 Å². The monoisotopic (exact) mass is 205 g/mol. The Morgan fingerprint density at radius 1 is 1.38 bits per heavy atom. The van der Waals surface area contributed by atoms with Crippen molar-refractivity contribution in [2.24, 2.45) is 11.8 Å². The summed E-state index contributed by atoms with van der Waals surface area (Å²) < 4.78 is 0. The molecule has 2 unspecified atom stereocenters. The maximum Gasteiger partial charge on any atom is 0.220 e. The van der Waals surface area contributed by atoms with Crippen molar-refractivity contribution in [1.82, 2.24) is 5.32 Å². The average Bonchev–Trinajstić information content (AvgIpc) is 2.13. The second-order valence-corrected chi connectivity index (χ2v) is 4.09. The lowest BCUT2D eigenvalue weighted by molar-refractivity contribution is -0.122. The molecule has 0 saturated heterocycles. The molecule has 0 rings (SSSR count). The van der Waals surface area contributed by atoms with Crippen molar-refractivity contribution < 1.29 is 4.79 Å². The van der Waals surface area contributed by atoms with Crippen LogP contribution in [-0.2, 0) is 4.79 Å². The zero-order chi connectivity index (χ0) is 10.3. The molecular weight excluding hydrogens is 186 g/mol. The molecule has 0 radical (unpaired) electrons. The van der Waals surface area contributed by atoms with Gasteiger partial charge in [-0.15, -0.1) is 11.6 Å². The van der Waals surface area contributed by atoms with E-state index < -0.39 is 0 Å². The lowest BCUT2D eigenvalue weighted by Crippen LogP contribution is -2.29. The number of halogens is 1. The Morgan fingerprint density at radius 2 is 2.00 bits per heavy atom. The Labute approximate surface area is 86.0 Å². The number of hydrogen-bond acceptors (Lipinski definition) is 1. The summed E-state index contributed by atoms with van der Waals surface area (Å²) in [5.74, 6) is 1.59. The molecule has 0 bridgehead atoms. The number of nitrogens with one attached hydrogen (secondary N) is 1. The van der Waals surface area contributed by atoms with Crippen LogP contribution < -0.4 is 5.32 Å². The van der Waals surface area contributed by atoms with Crippen molar-refractivity contribution in [3.63, 3.8) is 0 Å². The predicted octanol–water partition coefficient (Wildman–Crippen LogP) is 2.41. The van der Waals surface area contributed by atoms with E-state index in [0.717, 1.165) is 6.42 Å². The van der Waals surface area contributed by atoms with Crippen LogP contribution in [0.25, 0.3) is 0 Å². The van der Waals surface area contributed by atoms with Crippen LogP contribution >= 0.6 is 11.6 Å².